The fourth-order valence-corrected chi connectivity index (χ4v) is 5.62. The summed E-state index contributed by atoms with van der Waals surface area (Å²) in [6, 6.07) is 40.6. The van der Waals surface area contributed by atoms with Gasteiger partial charge < -0.3 is 4.42 Å². The monoisotopic (exact) mass is 475 g/mol. The van der Waals surface area contributed by atoms with Crippen molar-refractivity contribution in [3.05, 3.63) is 126 Å². The molecule has 0 radical (unpaired) electrons. The van der Waals surface area contributed by atoms with E-state index in [4.69, 9.17) is 4.42 Å². The minimum absolute atomic E-state index is 0.647. The first-order chi connectivity index (χ1) is 18.2. The van der Waals surface area contributed by atoms with Gasteiger partial charge in [0.25, 0.3) is 0 Å². The van der Waals surface area contributed by atoms with Gasteiger partial charge in [0.15, 0.2) is 5.58 Å². The minimum Gasteiger partial charge on any atom is -0.436 e. The van der Waals surface area contributed by atoms with Gasteiger partial charge in [0.2, 0.25) is 5.89 Å². The maximum Gasteiger partial charge on any atom is 0.227 e. The van der Waals surface area contributed by atoms with E-state index in [0.717, 1.165) is 16.7 Å². The lowest BCUT2D eigenvalue weighted by Crippen LogP contribution is -1.94. The fraction of sp³-hybridized carbons (Fsp3) is 0.0571. The smallest absolute Gasteiger partial charge is 0.227 e. The predicted octanol–water partition coefficient (Wildman–Crippen LogP) is 9.75. The van der Waals surface area contributed by atoms with Crippen LogP contribution in [0, 0.1) is 13.8 Å². The summed E-state index contributed by atoms with van der Waals surface area (Å²) in [4.78, 5) is 4.69. The molecule has 7 aromatic rings. The maximum atomic E-state index is 6.03. The van der Waals surface area contributed by atoms with Crippen LogP contribution < -0.4 is 0 Å². The average molecular weight is 476 g/mol. The lowest BCUT2D eigenvalue weighted by molar-refractivity contribution is 0.620. The third-order valence-electron chi connectivity index (χ3n) is 7.36. The molecule has 37 heavy (non-hydrogen) atoms. The molecule has 0 N–H and O–H groups in total. The van der Waals surface area contributed by atoms with Crippen LogP contribution in [0.5, 0.6) is 0 Å². The summed E-state index contributed by atoms with van der Waals surface area (Å²) in [5.41, 5.74) is 10.2. The van der Waals surface area contributed by atoms with Crippen LogP contribution in [0.25, 0.3) is 66.4 Å². The van der Waals surface area contributed by atoms with Crippen molar-refractivity contribution >= 4 is 32.6 Å². The molecule has 2 heteroatoms. The minimum atomic E-state index is 0.647. The van der Waals surface area contributed by atoms with E-state index in [9.17, 15) is 0 Å². The van der Waals surface area contributed by atoms with Crippen molar-refractivity contribution in [1.29, 1.82) is 0 Å². The Kier molecular flexibility index (Phi) is 4.93. The van der Waals surface area contributed by atoms with Gasteiger partial charge in [0, 0.05) is 5.56 Å². The van der Waals surface area contributed by atoms with E-state index in [1.54, 1.807) is 0 Å². The molecule has 1 heterocycles. The Balaban J connectivity index is 1.51. The van der Waals surface area contributed by atoms with Crippen molar-refractivity contribution in [3.63, 3.8) is 0 Å². The third kappa shape index (κ3) is 3.45. The summed E-state index contributed by atoms with van der Waals surface area (Å²) in [5, 5.41) is 5.17. The van der Waals surface area contributed by atoms with E-state index in [1.807, 2.05) is 24.3 Å². The van der Waals surface area contributed by atoms with Crippen LogP contribution in [-0.4, -0.2) is 4.98 Å². The number of aromatic nitrogens is 1. The normalized spacial score (nSPS) is 11.5. The van der Waals surface area contributed by atoms with E-state index in [-0.39, 0.29) is 0 Å². The Morgan fingerprint density at radius 1 is 0.486 bits per heavy atom. The number of nitrogens with zero attached hydrogens (tertiary/aromatic N) is 1. The van der Waals surface area contributed by atoms with Gasteiger partial charge in [-0.15, -0.1) is 0 Å². The summed E-state index contributed by atoms with van der Waals surface area (Å²) in [6.07, 6.45) is 0. The molecule has 0 aliphatic heterocycles. The van der Waals surface area contributed by atoms with Gasteiger partial charge in [-0.1, -0.05) is 91.0 Å². The molecule has 0 fully saturated rings. The van der Waals surface area contributed by atoms with Crippen molar-refractivity contribution < 1.29 is 4.42 Å². The van der Waals surface area contributed by atoms with Crippen LogP contribution in [0.1, 0.15) is 11.1 Å². The molecule has 0 aliphatic rings. The Bertz CT molecular complexity index is 1900. The molecule has 176 valence electrons. The topological polar surface area (TPSA) is 26.0 Å². The zero-order chi connectivity index (χ0) is 24.9. The van der Waals surface area contributed by atoms with Crippen LogP contribution in [0.2, 0.25) is 0 Å². The van der Waals surface area contributed by atoms with Crippen LogP contribution in [-0.2, 0) is 0 Å². The van der Waals surface area contributed by atoms with E-state index in [0.29, 0.717) is 5.89 Å². The van der Waals surface area contributed by atoms with Crippen LogP contribution >= 0.6 is 0 Å². The lowest BCUT2D eigenvalue weighted by atomic mass is 9.83. The molecule has 0 amide bonds. The van der Waals surface area contributed by atoms with Crippen molar-refractivity contribution in [3.8, 4) is 33.7 Å². The van der Waals surface area contributed by atoms with Gasteiger partial charge in [-0.25, -0.2) is 4.98 Å². The van der Waals surface area contributed by atoms with Crippen molar-refractivity contribution in [2.24, 2.45) is 0 Å². The summed E-state index contributed by atoms with van der Waals surface area (Å²) < 4.78 is 6.03. The van der Waals surface area contributed by atoms with Gasteiger partial charge in [0.1, 0.15) is 5.52 Å². The number of aryl methyl sites for hydroxylation is 2. The molecule has 6 aromatic carbocycles. The molecule has 0 saturated carbocycles. The van der Waals surface area contributed by atoms with Gasteiger partial charge >= 0.3 is 0 Å². The molecule has 0 aliphatic carbocycles. The standard InChI is InChI=1S/C35H25NO/c1-22-16-17-23(2)32-31(22)33(24-10-4-3-5-11-24)27-12-6-7-13-28(27)34(32)25-18-20-26(21-19-25)35-36-29-14-8-9-15-30(29)37-35/h3-21H,1-2H3. The zero-order valence-corrected chi connectivity index (χ0v) is 20.8. The van der Waals surface area contributed by atoms with E-state index < -0.39 is 0 Å². The first-order valence-electron chi connectivity index (χ1n) is 12.7. The number of fused-ring (bicyclic) bond motifs is 3. The third-order valence-corrected chi connectivity index (χ3v) is 7.36. The molecule has 2 nitrogen and oxygen atoms in total. The Hall–Kier alpha value is -4.69. The van der Waals surface area contributed by atoms with Crippen molar-refractivity contribution in [2.45, 2.75) is 13.8 Å². The molecule has 0 atom stereocenters. The number of para-hydroxylation sites is 2. The van der Waals surface area contributed by atoms with Crippen LogP contribution in [0.3, 0.4) is 0 Å². The van der Waals surface area contributed by atoms with E-state index in [2.05, 4.69) is 110 Å². The van der Waals surface area contributed by atoms with Gasteiger partial charge in [0.05, 0.1) is 0 Å². The second kappa shape index (κ2) is 8.46. The molecule has 0 bridgehead atoms. The SMILES string of the molecule is Cc1ccc(C)c2c(-c3ccc(-c4nc5ccccc5o4)cc3)c3ccccc3c(-c3ccccc3)c12. The van der Waals surface area contributed by atoms with Gasteiger partial charge in [-0.05, 0) is 93.0 Å². The Morgan fingerprint density at radius 3 is 1.62 bits per heavy atom. The van der Waals surface area contributed by atoms with Crippen LogP contribution in [0.15, 0.2) is 120 Å². The number of hydrogen-bond donors (Lipinski definition) is 0. The highest BCUT2D eigenvalue weighted by Gasteiger charge is 2.19. The van der Waals surface area contributed by atoms with E-state index >= 15 is 0 Å². The zero-order valence-electron chi connectivity index (χ0n) is 20.8. The first kappa shape index (κ1) is 21.6. The van der Waals surface area contributed by atoms with Crippen molar-refractivity contribution in [2.75, 3.05) is 0 Å². The highest BCUT2D eigenvalue weighted by molar-refractivity contribution is 6.23. The van der Waals surface area contributed by atoms with Gasteiger partial charge in [-0.3, -0.25) is 0 Å². The van der Waals surface area contributed by atoms with E-state index in [1.165, 1.54) is 54.9 Å². The Morgan fingerprint density at radius 2 is 1.00 bits per heavy atom. The number of hydrogen-bond acceptors (Lipinski definition) is 2. The molecular weight excluding hydrogens is 450 g/mol. The van der Waals surface area contributed by atoms with Crippen molar-refractivity contribution in [1.82, 2.24) is 4.98 Å². The predicted molar refractivity (Wildman–Crippen MR) is 155 cm³/mol. The highest BCUT2D eigenvalue weighted by atomic mass is 16.3. The second-order valence-electron chi connectivity index (χ2n) is 9.68. The molecule has 0 spiro atoms. The number of oxazole rings is 1. The molecular formula is C35H25NO. The second-order valence-corrected chi connectivity index (χ2v) is 9.68. The molecule has 0 saturated heterocycles. The largest absolute Gasteiger partial charge is 0.436 e. The number of benzene rings is 6. The van der Waals surface area contributed by atoms with Gasteiger partial charge in [-0.2, -0.15) is 0 Å². The highest BCUT2D eigenvalue weighted by Crippen LogP contribution is 2.46. The maximum absolute atomic E-state index is 6.03. The summed E-state index contributed by atoms with van der Waals surface area (Å²) in [5.74, 6) is 0.647. The Labute approximate surface area is 215 Å². The lowest BCUT2D eigenvalue weighted by Gasteiger charge is -2.20. The molecule has 0 unspecified atom stereocenters. The quantitative estimate of drug-likeness (QED) is 0.238. The average Bonchev–Trinajstić information content (AvgIpc) is 3.39. The fourth-order valence-electron chi connectivity index (χ4n) is 5.62. The molecule has 7 rings (SSSR count). The number of rotatable bonds is 3. The summed E-state index contributed by atoms with van der Waals surface area (Å²) >= 11 is 0. The van der Waals surface area contributed by atoms with Crippen LogP contribution in [0.4, 0.5) is 0 Å². The summed E-state index contributed by atoms with van der Waals surface area (Å²) in [7, 11) is 0. The molecule has 1 aromatic heterocycles. The summed E-state index contributed by atoms with van der Waals surface area (Å²) in [6.45, 7) is 4.45. The first-order valence-corrected chi connectivity index (χ1v) is 12.7.